The number of thioether (sulfide) groups is 1. The summed E-state index contributed by atoms with van der Waals surface area (Å²) in [5.41, 5.74) is 0. The normalized spacial score (nSPS) is 25.2. The average molecular weight is 510 g/mol. The molecule has 2 saturated heterocycles. The Morgan fingerprint density at radius 2 is 2.07 bits per heavy atom. The quantitative estimate of drug-likeness (QED) is 0.358. The average Bonchev–Trinajstić information content (AvgIpc) is 3.15. The summed E-state index contributed by atoms with van der Waals surface area (Å²) in [6.45, 7) is 3.90. The molecular formula is C19H35IN4O2S. The van der Waals surface area contributed by atoms with Crippen LogP contribution in [0, 0.1) is 0 Å². The maximum absolute atomic E-state index is 12.0. The minimum Gasteiger partial charge on any atom is -0.376 e. The summed E-state index contributed by atoms with van der Waals surface area (Å²) < 4.78 is 6.13. The topological polar surface area (TPSA) is 57.2 Å². The predicted octanol–water partition coefficient (Wildman–Crippen LogP) is 2.57. The first kappa shape index (κ1) is 23.1. The lowest BCUT2D eigenvalue weighted by atomic mass is 9.87. The second-order valence-corrected chi connectivity index (χ2v) is 9.52. The monoisotopic (exact) mass is 510 g/mol. The van der Waals surface area contributed by atoms with Gasteiger partial charge in [0.05, 0.1) is 6.10 Å². The fourth-order valence-corrected chi connectivity index (χ4v) is 5.66. The van der Waals surface area contributed by atoms with Crippen LogP contribution >= 0.6 is 35.7 Å². The number of carbonyl (C=O) groups is 1. The van der Waals surface area contributed by atoms with E-state index in [1.807, 2.05) is 0 Å². The lowest BCUT2D eigenvalue weighted by Crippen LogP contribution is -2.54. The minimum atomic E-state index is 0. The molecule has 3 aliphatic rings. The van der Waals surface area contributed by atoms with Crippen molar-refractivity contribution in [3.05, 3.63) is 0 Å². The molecule has 1 aliphatic carbocycles. The molecule has 0 aromatic carbocycles. The number of carbonyl (C=O) groups excluding carboxylic acids is 1. The van der Waals surface area contributed by atoms with Crippen LogP contribution in [-0.4, -0.2) is 85.2 Å². The van der Waals surface area contributed by atoms with Crippen molar-refractivity contribution >= 4 is 47.6 Å². The smallest absolute Gasteiger partial charge is 0.243 e. The molecule has 0 aromatic heterocycles. The summed E-state index contributed by atoms with van der Waals surface area (Å²) in [5, 5.41) is 3.52. The van der Waals surface area contributed by atoms with Crippen molar-refractivity contribution in [1.29, 1.82) is 0 Å². The van der Waals surface area contributed by atoms with Gasteiger partial charge in [0.15, 0.2) is 5.96 Å². The van der Waals surface area contributed by atoms with Crippen molar-refractivity contribution in [2.24, 2.45) is 4.99 Å². The predicted molar refractivity (Wildman–Crippen MR) is 123 cm³/mol. The van der Waals surface area contributed by atoms with Gasteiger partial charge in [-0.3, -0.25) is 4.79 Å². The highest BCUT2D eigenvalue weighted by atomic mass is 127. The van der Waals surface area contributed by atoms with E-state index in [0.29, 0.717) is 4.75 Å². The summed E-state index contributed by atoms with van der Waals surface area (Å²) in [6.07, 6.45) is 9.20. The number of ether oxygens (including phenoxy) is 1. The molecule has 8 heteroatoms. The standard InChI is InChI=1S/C19H34N4O2S.HI/c1-22(2)17(24)14-21-18(20-13-16-7-6-11-25-16)23-10-12-26-19(15-23)8-4-3-5-9-19;/h16H,3-15H2,1-2H3,(H,20,21);1H. The summed E-state index contributed by atoms with van der Waals surface area (Å²) in [5.74, 6) is 2.07. The van der Waals surface area contributed by atoms with Crippen molar-refractivity contribution < 1.29 is 9.53 Å². The van der Waals surface area contributed by atoms with E-state index >= 15 is 0 Å². The summed E-state index contributed by atoms with van der Waals surface area (Å²) in [6, 6.07) is 0. The number of aliphatic imine (C=N–C) groups is 1. The Labute approximate surface area is 185 Å². The molecule has 6 nitrogen and oxygen atoms in total. The third-order valence-corrected chi connectivity index (χ3v) is 7.22. The van der Waals surface area contributed by atoms with Crippen molar-refractivity contribution in [1.82, 2.24) is 15.1 Å². The van der Waals surface area contributed by atoms with Crippen LogP contribution in [0.2, 0.25) is 0 Å². The molecule has 1 amide bonds. The van der Waals surface area contributed by atoms with E-state index in [4.69, 9.17) is 4.74 Å². The SMILES string of the molecule is CN(C)C(=O)CN=C(NCC1CCCO1)N1CCSC2(CCCCC2)C1.I. The number of amides is 1. The van der Waals surface area contributed by atoms with Gasteiger partial charge in [-0.1, -0.05) is 19.3 Å². The fraction of sp³-hybridized carbons (Fsp3) is 0.895. The number of nitrogens with one attached hydrogen (secondary N) is 1. The summed E-state index contributed by atoms with van der Waals surface area (Å²) in [7, 11) is 3.57. The number of hydrogen-bond acceptors (Lipinski definition) is 4. The van der Waals surface area contributed by atoms with E-state index < -0.39 is 0 Å². The molecule has 0 bridgehead atoms. The zero-order chi connectivity index (χ0) is 18.4. The van der Waals surface area contributed by atoms with Crippen LogP contribution in [0.1, 0.15) is 44.9 Å². The van der Waals surface area contributed by atoms with Crippen LogP contribution < -0.4 is 5.32 Å². The Morgan fingerprint density at radius 3 is 2.74 bits per heavy atom. The number of rotatable bonds is 4. The molecule has 2 heterocycles. The molecule has 1 N–H and O–H groups in total. The molecule has 3 fully saturated rings. The third-order valence-electron chi connectivity index (χ3n) is 5.69. The number of halogens is 1. The highest BCUT2D eigenvalue weighted by Crippen LogP contribution is 2.42. The van der Waals surface area contributed by atoms with E-state index in [1.54, 1.807) is 19.0 Å². The van der Waals surface area contributed by atoms with Gasteiger partial charge in [0.1, 0.15) is 6.54 Å². The first-order valence-electron chi connectivity index (χ1n) is 10.1. The summed E-state index contributed by atoms with van der Waals surface area (Å²) in [4.78, 5) is 20.7. The van der Waals surface area contributed by atoms with Crippen LogP contribution in [0.4, 0.5) is 0 Å². The van der Waals surface area contributed by atoms with Crippen LogP contribution in [0.5, 0.6) is 0 Å². The maximum Gasteiger partial charge on any atom is 0.243 e. The molecule has 2 aliphatic heterocycles. The van der Waals surface area contributed by atoms with Crippen LogP contribution in [-0.2, 0) is 9.53 Å². The molecule has 1 saturated carbocycles. The lowest BCUT2D eigenvalue weighted by molar-refractivity contribution is -0.127. The van der Waals surface area contributed by atoms with Crippen molar-refractivity contribution in [2.45, 2.75) is 55.8 Å². The number of hydrogen-bond donors (Lipinski definition) is 1. The Hall–Kier alpha value is -0.220. The zero-order valence-corrected chi connectivity index (χ0v) is 19.9. The molecule has 1 unspecified atom stereocenters. The van der Waals surface area contributed by atoms with Crippen LogP contribution in [0.3, 0.4) is 0 Å². The van der Waals surface area contributed by atoms with Crippen LogP contribution in [0.15, 0.2) is 4.99 Å². The third kappa shape index (κ3) is 6.66. The maximum atomic E-state index is 12.0. The first-order chi connectivity index (χ1) is 12.6. The van der Waals surface area contributed by atoms with Gasteiger partial charge in [-0.05, 0) is 25.7 Å². The Balaban J connectivity index is 0.00000261. The van der Waals surface area contributed by atoms with Gasteiger partial charge >= 0.3 is 0 Å². The largest absolute Gasteiger partial charge is 0.376 e. The Kier molecular flexibility index (Phi) is 9.47. The summed E-state index contributed by atoms with van der Waals surface area (Å²) >= 11 is 2.16. The van der Waals surface area contributed by atoms with Gasteiger partial charge < -0.3 is 19.9 Å². The van der Waals surface area contributed by atoms with Crippen molar-refractivity contribution in [3.8, 4) is 0 Å². The molecule has 3 rings (SSSR count). The second kappa shape index (κ2) is 11.1. The molecule has 27 heavy (non-hydrogen) atoms. The van der Waals surface area contributed by atoms with E-state index in [-0.39, 0.29) is 42.5 Å². The van der Waals surface area contributed by atoms with Crippen molar-refractivity contribution in [3.63, 3.8) is 0 Å². The van der Waals surface area contributed by atoms with E-state index in [9.17, 15) is 4.79 Å². The number of nitrogens with zero attached hydrogens (tertiary/aromatic N) is 3. The van der Waals surface area contributed by atoms with Crippen molar-refractivity contribution in [2.75, 3.05) is 52.6 Å². The Bertz CT molecular complexity index is 500. The fourth-order valence-electron chi connectivity index (χ4n) is 4.09. The van der Waals surface area contributed by atoms with Gasteiger partial charge in [-0.2, -0.15) is 11.8 Å². The van der Waals surface area contributed by atoms with E-state index in [0.717, 1.165) is 50.8 Å². The lowest BCUT2D eigenvalue weighted by Gasteiger charge is -2.45. The van der Waals surface area contributed by atoms with Gasteiger partial charge in [0.2, 0.25) is 5.91 Å². The second-order valence-electron chi connectivity index (χ2n) is 7.96. The zero-order valence-electron chi connectivity index (χ0n) is 16.7. The number of likely N-dealkylation sites (N-methyl/N-ethyl adjacent to an activating group) is 1. The Morgan fingerprint density at radius 1 is 1.30 bits per heavy atom. The molecule has 1 spiro atoms. The van der Waals surface area contributed by atoms with Gasteiger partial charge in [-0.15, -0.1) is 24.0 Å². The van der Waals surface area contributed by atoms with E-state index in [1.165, 1.54) is 32.1 Å². The first-order valence-corrected chi connectivity index (χ1v) is 11.1. The van der Waals surface area contributed by atoms with Gasteiger partial charge in [0.25, 0.3) is 0 Å². The highest BCUT2D eigenvalue weighted by molar-refractivity contribution is 14.0. The number of guanidine groups is 1. The molecule has 0 radical (unpaired) electrons. The van der Waals surface area contributed by atoms with Gasteiger partial charge in [-0.25, -0.2) is 4.99 Å². The molecule has 1 atom stereocenters. The van der Waals surface area contributed by atoms with Crippen LogP contribution in [0.25, 0.3) is 0 Å². The molecule has 156 valence electrons. The minimum absolute atomic E-state index is 0. The highest BCUT2D eigenvalue weighted by Gasteiger charge is 2.38. The van der Waals surface area contributed by atoms with Gasteiger partial charge in [0, 0.05) is 50.8 Å². The molecule has 0 aromatic rings. The molecular weight excluding hydrogens is 475 g/mol. The van der Waals surface area contributed by atoms with E-state index in [2.05, 4.69) is 27.0 Å².